The minimum Gasteiger partial charge on any atom is -0.314 e. The standard InChI is InChI=1S/C10H12N4S/c1-2-7(1)11-4-3-8-14-9-10(15-8)13-6-5-12-9/h5-7,11H,1-4H2. The first-order valence-corrected chi connectivity index (χ1v) is 6.03. The van der Waals surface area contributed by atoms with Gasteiger partial charge in [-0.2, -0.15) is 0 Å². The lowest BCUT2D eigenvalue weighted by atomic mass is 10.4. The third-order valence-electron chi connectivity index (χ3n) is 2.44. The summed E-state index contributed by atoms with van der Waals surface area (Å²) in [5.74, 6) is 0. The highest BCUT2D eigenvalue weighted by molar-refractivity contribution is 7.18. The van der Waals surface area contributed by atoms with E-state index in [0.717, 1.165) is 34.5 Å². The van der Waals surface area contributed by atoms with E-state index in [-0.39, 0.29) is 0 Å². The molecular weight excluding hydrogens is 208 g/mol. The summed E-state index contributed by atoms with van der Waals surface area (Å²) >= 11 is 1.64. The zero-order chi connectivity index (χ0) is 10.1. The Hall–Kier alpha value is -1.07. The van der Waals surface area contributed by atoms with Crippen LogP contribution in [0.1, 0.15) is 17.8 Å². The quantitative estimate of drug-likeness (QED) is 0.845. The van der Waals surface area contributed by atoms with Gasteiger partial charge in [-0.15, -0.1) is 0 Å². The lowest BCUT2D eigenvalue weighted by molar-refractivity contribution is 0.681. The molecule has 1 fully saturated rings. The van der Waals surface area contributed by atoms with Gasteiger partial charge in [-0.05, 0) is 12.8 Å². The number of hydrogen-bond acceptors (Lipinski definition) is 5. The first-order chi connectivity index (χ1) is 7.42. The molecule has 15 heavy (non-hydrogen) atoms. The van der Waals surface area contributed by atoms with Crippen LogP contribution in [0.5, 0.6) is 0 Å². The lowest BCUT2D eigenvalue weighted by Gasteiger charge is -1.97. The Kier molecular flexibility index (Phi) is 2.34. The molecular formula is C10H12N4S. The molecule has 78 valence electrons. The average Bonchev–Trinajstić information content (AvgIpc) is 2.97. The number of aromatic nitrogens is 3. The molecule has 3 rings (SSSR count). The van der Waals surface area contributed by atoms with E-state index in [1.807, 2.05) is 0 Å². The summed E-state index contributed by atoms with van der Waals surface area (Å²) in [6, 6.07) is 0.774. The predicted molar refractivity (Wildman–Crippen MR) is 59.9 cm³/mol. The maximum atomic E-state index is 4.43. The molecule has 2 aromatic rings. The molecule has 1 N–H and O–H groups in total. The molecule has 0 bridgehead atoms. The van der Waals surface area contributed by atoms with Crippen molar-refractivity contribution in [2.45, 2.75) is 25.3 Å². The van der Waals surface area contributed by atoms with Gasteiger partial charge in [-0.1, -0.05) is 11.3 Å². The maximum absolute atomic E-state index is 4.43. The SMILES string of the molecule is c1cnc2sc(CCNC3CC3)nc2n1. The van der Waals surface area contributed by atoms with Crippen molar-refractivity contribution in [3.8, 4) is 0 Å². The second-order valence-corrected chi connectivity index (χ2v) is 4.83. The van der Waals surface area contributed by atoms with Crippen LogP contribution < -0.4 is 5.32 Å². The summed E-state index contributed by atoms with van der Waals surface area (Å²) < 4.78 is 0. The molecule has 0 amide bonds. The van der Waals surface area contributed by atoms with Crippen LogP contribution in [0.2, 0.25) is 0 Å². The molecule has 0 aromatic carbocycles. The van der Waals surface area contributed by atoms with Gasteiger partial charge < -0.3 is 5.32 Å². The van der Waals surface area contributed by atoms with E-state index in [4.69, 9.17) is 0 Å². The zero-order valence-corrected chi connectivity index (χ0v) is 9.13. The van der Waals surface area contributed by atoms with Crippen molar-refractivity contribution in [3.05, 3.63) is 17.4 Å². The topological polar surface area (TPSA) is 50.7 Å². The monoisotopic (exact) mass is 220 g/mol. The van der Waals surface area contributed by atoms with Crippen LogP contribution in [0, 0.1) is 0 Å². The van der Waals surface area contributed by atoms with Crippen molar-refractivity contribution in [2.24, 2.45) is 0 Å². The predicted octanol–water partition coefficient (Wildman–Crippen LogP) is 1.38. The minimum atomic E-state index is 0.774. The molecule has 0 spiro atoms. The minimum absolute atomic E-state index is 0.774. The van der Waals surface area contributed by atoms with Crippen LogP contribution in [0.3, 0.4) is 0 Å². The van der Waals surface area contributed by atoms with Crippen LogP contribution in [-0.2, 0) is 6.42 Å². The Morgan fingerprint density at radius 3 is 3.00 bits per heavy atom. The number of nitrogens with one attached hydrogen (secondary N) is 1. The van der Waals surface area contributed by atoms with Gasteiger partial charge in [0.1, 0.15) is 0 Å². The maximum Gasteiger partial charge on any atom is 0.189 e. The van der Waals surface area contributed by atoms with Crippen LogP contribution in [0.25, 0.3) is 10.5 Å². The number of nitrogens with zero attached hydrogens (tertiary/aromatic N) is 3. The highest BCUT2D eigenvalue weighted by Gasteiger charge is 2.19. The van der Waals surface area contributed by atoms with Gasteiger partial charge in [-0.25, -0.2) is 15.0 Å². The van der Waals surface area contributed by atoms with Crippen molar-refractivity contribution in [1.29, 1.82) is 0 Å². The molecule has 0 atom stereocenters. The molecule has 5 heteroatoms. The Balaban J connectivity index is 1.68. The fourth-order valence-corrected chi connectivity index (χ4v) is 2.36. The second kappa shape index (κ2) is 3.83. The first-order valence-electron chi connectivity index (χ1n) is 5.21. The van der Waals surface area contributed by atoms with E-state index in [9.17, 15) is 0 Å². The molecule has 4 nitrogen and oxygen atoms in total. The molecule has 1 aliphatic carbocycles. The number of fused-ring (bicyclic) bond motifs is 1. The van der Waals surface area contributed by atoms with Crippen molar-refractivity contribution in [3.63, 3.8) is 0 Å². The first kappa shape index (κ1) is 9.18. The van der Waals surface area contributed by atoms with E-state index in [1.165, 1.54) is 12.8 Å². The number of thiazole rings is 1. The highest BCUT2D eigenvalue weighted by atomic mass is 32.1. The summed E-state index contributed by atoms with van der Waals surface area (Å²) in [4.78, 5) is 13.8. The van der Waals surface area contributed by atoms with Crippen molar-refractivity contribution in [1.82, 2.24) is 20.3 Å². The van der Waals surface area contributed by atoms with Gasteiger partial charge in [0.05, 0.1) is 5.01 Å². The number of hydrogen-bond donors (Lipinski definition) is 1. The third-order valence-corrected chi connectivity index (χ3v) is 3.45. The Labute approximate surface area is 91.8 Å². The van der Waals surface area contributed by atoms with Crippen molar-refractivity contribution in [2.75, 3.05) is 6.54 Å². The highest BCUT2D eigenvalue weighted by Crippen LogP contribution is 2.20. The fourth-order valence-electron chi connectivity index (χ4n) is 1.50. The van der Waals surface area contributed by atoms with Gasteiger partial charge >= 0.3 is 0 Å². The summed E-state index contributed by atoms with van der Waals surface area (Å²) in [5, 5.41) is 4.60. The summed E-state index contributed by atoms with van der Waals surface area (Å²) in [6.45, 7) is 1.02. The Bertz CT molecular complexity index is 430. The zero-order valence-electron chi connectivity index (χ0n) is 8.31. The molecule has 0 unspecified atom stereocenters. The Morgan fingerprint density at radius 1 is 1.33 bits per heavy atom. The summed E-state index contributed by atoms with van der Waals surface area (Å²) in [6.07, 6.45) is 7.06. The van der Waals surface area contributed by atoms with Crippen LogP contribution in [-0.4, -0.2) is 27.5 Å². The van der Waals surface area contributed by atoms with Crippen LogP contribution >= 0.6 is 11.3 Å². The van der Waals surface area contributed by atoms with Gasteiger partial charge in [0.2, 0.25) is 0 Å². The smallest absolute Gasteiger partial charge is 0.189 e. The molecule has 1 aliphatic rings. The van der Waals surface area contributed by atoms with E-state index >= 15 is 0 Å². The molecule has 2 heterocycles. The molecule has 1 saturated carbocycles. The molecule has 0 saturated heterocycles. The molecule has 0 aliphatic heterocycles. The van der Waals surface area contributed by atoms with Crippen molar-refractivity contribution >= 4 is 21.8 Å². The van der Waals surface area contributed by atoms with E-state index < -0.39 is 0 Å². The van der Waals surface area contributed by atoms with Gasteiger partial charge in [0.25, 0.3) is 0 Å². The normalized spacial score (nSPS) is 16.0. The van der Waals surface area contributed by atoms with Gasteiger partial charge in [-0.3, -0.25) is 0 Å². The third kappa shape index (κ3) is 2.13. The second-order valence-electron chi connectivity index (χ2n) is 3.77. The summed E-state index contributed by atoms with van der Waals surface area (Å²) in [5.41, 5.74) is 0.781. The Morgan fingerprint density at radius 2 is 2.20 bits per heavy atom. The van der Waals surface area contributed by atoms with Crippen LogP contribution in [0.15, 0.2) is 12.4 Å². The van der Waals surface area contributed by atoms with Gasteiger partial charge in [0.15, 0.2) is 10.5 Å². The number of rotatable bonds is 4. The largest absolute Gasteiger partial charge is 0.314 e. The lowest BCUT2D eigenvalue weighted by Crippen LogP contribution is -2.19. The van der Waals surface area contributed by atoms with Crippen molar-refractivity contribution < 1.29 is 0 Å². The van der Waals surface area contributed by atoms with E-state index in [2.05, 4.69) is 20.3 Å². The average molecular weight is 220 g/mol. The summed E-state index contributed by atoms with van der Waals surface area (Å²) in [7, 11) is 0. The van der Waals surface area contributed by atoms with E-state index in [0.29, 0.717) is 0 Å². The van der Waals surface area contributed by atoms with Gasteiger partial charge in [0, 0.05) is 31.4 Å². The fraction of sp³-hybridized carbons (Fsp3) is 0.500. The van der Waals surface area contributed by atoms with E-state index in [1.54, 1.807) is 23.7 Å². The molecule has 0 radical (unpaired) electrons. The van der Waals surface area contributed by atoms with Crippen LogP contribution in [0.4, 0.5) is 0 Å². The molecule has 2 aromatic heterocycles.